The van der Waals surface area contributed by atoms with Crippen LogP contribution in [0.15, 0.2) is 29.3 Å². The first-order chi connectivity index (χ1) is 11.5. The van der Waals surface area contributed by atoms with Gasteiger partial charge in [0.15, 0.2) is 5.96 Å². The van der Waals surface area contributed by atoms with E-state index in [1.54, 1.807) is 26.2 Å². The van der Waals surface area contributed by atoms with E-state index in [-0.39, 0.29) is 42.1 Å². The third kappa shape index (κ3) is 6.48. The number of carbonyl (C=O) groups excluding carboxylic acids is 1. The van der Waals surface area contributed by atoms with Gasteiger partial charge in [0.1, 0.15) is 0 Å². The van der Waals surface area contributed by atoms with Crippen molar-refractivity contribution in [3.05, 3.63) is 39.9 Å². The summed E-state index contributed by atoms with van der Waals surface area (Å²) in [5.74, 6) is 0.693. The Morgan fingerprint density at radius 3 is 2.40 bits per heavy atom. The van der Waals surface area contributed by atoms with Crippen molar-refractivity contribution in [1.29, 1.82) is 0 Å². The number of amides is 1. The van der Waals surface area contributed by atoms with Crippen LogP contribution in [0.1, 0.15) is 18.4 Å². The quantitative estimate of drug-likeness (QED) is 0.238. The number of likely N-dealkylation sites (N-methyl/N-ethyl adjacent to an activating group) is 1. The van der Waals surface area contributed by atoms with Gasteiger partial charge < -0.3 is 15.1 Å². The molecule has 25 heavy (non-hydrogen) atoms. The zero-order valence-corrected chi connectivity index (χ0v) is 16.8. The van der Waals surface area contributed by atoms with Crippen LogP contribution in [0.4, 0.5) is 5.69 Å². The lowest BCUT2D eigenvalue weighted by molar-refractivity contribution is -0.384. The molecule has 1 heterocycles. The molecule has 0 aliphatic carbocycles. The zero-order chi connectivity index (χ0) is 17.5. The number of non-ortho nitro benzene ring substituents is 1. The fraction of sp³-hybridized carbons (Fsp3) is 0.500. The Labute approximate surface area is 164 Å². The Balaban J connectivity index is 0.00000312. The summed E-state index contributed by atoms with van der Waals surface area (Å²) in [6.07, 6.45) is 2.22. The summed E-state index contributed by atoms with van der Waals surface area (Å²) >= 11 is 0. The second-order valence-electron chi connectivity index (χ2n) is 5.90. The maximum atomic E-state index is 11.8. The molecule has 2 rings (SSSR count). The number of guanidine groups is 1. The number of nitro groups is 1. The van der Waals surface area contributed by atoms with Crippen molar-refractivity contribution < 1.29 is 9.72 Å². The van der Waals surface area contributed by atoms with Crippen LogP contribution in [0.2, 0.25) is 0 Å². The molecule has 1 aromatic rings. The molecule has 9 heteroatoms. The van der Waals surface area contributed by atoms with Crippen molar-refractivity contribution in [3.63, 3.8) is 0 Å². The van der Waals surface area contributed by atoms with Gasteiger partial charge in [-0.2, -0.15) is 0 Å². The molecule has 1 amide bonds. The number of hydrogen-bond donors (Lipinski definition) is 1. The highest BCUT2D eigenvalue weighted by molar-refractivity contribution is 14.0. The molecule has 1 aromatic carbocycles. The van der Waals surface area contributed by atoms with Crippen molar-refractivity contribution in [2.75, 3.05) is 33.7 Å². The van der Waals surface area contributed by atoms with E-state index in [1.165, 1.54) is 17.0 Å². The van der Waals surface area contributed by atoms with Crippen LogP contribution >= 0.6 is 24.0 Å². The summed E-state index contributed by atoms with van der Waals surface area (Å²) in [5.41, 5.74) is 0.954. The molecule has 1 aliphatic heterocycles. The van der Waals surface area contributed by atoms with E-state index < -0.39 is 4.92 Å². The first-order valence-corrected chi connectivity index (χ1v) is 7.94. The standard InChI is InChI=1S/C16H23N5O3.HI/c1-19(2)15(22)12-18-16(20-9-3-4-10-20)17-11-13-5-7-14(8-6-13)21(23)24;/h5-8H,3-4,9-12H2,1-2H3,(H,17,18);1H. The van der Waals surface area contributed by atoms with Crippen LogP contribution < -0.4 is 5.32 Å². The van der Waals surface area contributed by atoms with Gasteiger partial charge in [0.25, 0.3) is 5.69 Å². The molecule has 0 spiro atoms. The highest BCUT2D eigenvalue weighted by atomic mass is 127. The second-order valence-corrected chi connectivity index (χ2v) is 5.90. The molecular formula is C16H24IN5O3. The smallest absolute Gasteiger partial charge is 0.269 e. The predicted molar refractivity (Wildman–Crippen MR) is 107 cm³/mol. The van der Waals surface area contributed by atoms with Gasteiger partial charge in [0.2, 0.25) is 5.91 Å². The van der Waals surface area contributed by atoms with E-state index in [0.29, 0.717) is 12.5 Å². The summed E-state index contributed by atoms with van der Waals surface area (Å²) in [6, 6.07) is 6.36. The largest absolute Gasteiger partial charge is 0.347 e. The van der Waals surface area contributed by atoms with E-state index in [0.717, 1.165) is 31.5 Å². The van der Waals surface area contributed by atoms with Crippen LogP contribution in [-0.2, 0) is 11.3 Å². The molecule has 0 atom stereocenters. The van der Waals surface area contributed by atoms with E-state index in [4.69, 9.17) is 0 Å². The summed E-state index contributed by atoms with van der Waals surface area (Å²) in [5, 5.41) is 13.8. The maximum Gasteiger partial charge on any atom is 0.269 e. The average molecular weight is 461 g/mol. The molecule has 138 valence electrons. The number of nitrogens with one attached hydrogen (secondary N) is 1. The Morgan fingerprint density at radius 1 is 1.28 bits per heavy atom. The van der Waals surface area contributed by atoms with E-state index in [9.17, 15) is 14.9 Å². The van der Waals surface area contributed by atoms with Crippen molar-refractivity contribution >= 4 is 41.5 Å². The summed E-state index contributed by atoms with van der Waals surface area (Å²) in [6.45, 7) is 2.44. The average Bonchev–Trinajstić information content (AvgIpc) is 3.09. The topological polar surface area (TPSA) is 91.1 Å². The molecule has 1 fully saturated rings. The molecule has 0 radical (unpaired) electrons. The minimum absolute atomic E-state index is 0. The number of likely N-dealkylation sites (tertiary alicyclic amines) is 1. The van der Waals surface area contributed by atoms with Crippen LogP contribution in [0.3, 0.4) is 0 Å². The SMILES string of the molecule is CN(C)C(=O)CNC(=NCc1ccc([N+](=O)[O-])cc1)N1CCCC1.I. The van der Waals surface area contributed by atoms with Crippen LogP contribution in [0.5, 0.6) is 0 Å². The van der Waals surface area contributed by atoms with Crippen LogP contribution in [0.25, 0.3) is 0 Å². The monoisotopic (exact) mass is 461 g/mol. The normalized spacial score (nSPS) is 14.0. The lowest BCUT2D eigenvalue weighted by Gasteiger charge is -2.22. The van der Waals surface area contributed by atoms with Gasteiger partial charge in [-0.15, -0.1) is 24.0 Å². The number of benzene rings is 1. The van der Waals surface area contributed by atoms with Gasteiger partial charge in [-0.25, -0.2) is 4.99 Å². The summed E-state index contributed by atoms with van der Waals surface area (Å²) in [4.78, 5) is 30.3. The minimum atomic E-state index is -0.420. The molecule has 8 nitrogen and oxygen atoms in total. The number of halogens is 1. The Morgan fingerprint density at radius 2 is 1.88 bits per heavy atom. The molecule has 0 saturated carbocycles. The lowest BCUT2D eigenvalue weighted by atomic mass is 10.2. The molecule has 0 unspecified atom stereocenters. The Kier molecular flexibility index (Phi) is 8.59. The van der Waals surface area contributed by atoms with Gasteiger partial charge in [-0.05, 0) is 18.4 Å². The Hall–Kier alpha value is -1.91. The highest BCUT2D eigenvalue weighted by Gasteiger charge is 2.17. The second kappa shape index (κ2) is 10.2. The molecular weight excluding hydrogens is 437 g/mol. The fourth-order valence-electron chi connectivity index (χ4n) is 2.40. The van der Waals surface area contributed by atoms with Gasteiger partial charge in [-0.1, -0.05) is 12.1 Å². The molecule has 1 aliphatic rings. The molecule has 1 saturated heterocycles. The fourth-order valence-corrected chi connectivity index (χ4v) is 2.40. The number of aliphatic imine (C=N–C) groups is 1. The highest BCUT2D eigenvalue weighted by Crippen LogP contribution is 2.13. The van der Waals surface area contributed by atoms with Gasteiger partial charge in [0.05, 0.1) is 18.0 Å². The van der Waals surface area contributed by atoms with Crippen molar-refractivity contribution in [3.8, 4) is 0 Å². The lowest BCUT2D eigenvalue weighted by Crippen LogP contribution is -2.44. The first kappa shape index (κ1) is 21.1. The van der Waals surface area contributed by atoms with Crippen LogP contribution in [0, 0.1) is 10.1 Å². The third-order valence-electron chi connectivity index (χ3n) is 3.86. The Bertz CT molecular complexity index is 613. The maximum absolute atomic E-state index is 11.8. The zero-order valence-electron chi connectivity index (χ0n) is 14.5. The third-order valence-corrected chi connectivity index (χ3v) is 3.86. The van der Waals surface area contributed by atoms with E-state index in [2.05, 4.69) is 15.2 Å². The summed E-state index contributed by atoms with van der Waals surface area (Å²) in [7, 11) is 3.43. The molecule has 0 bridgehead atoms. The van der Waals surface area contributed by atoms with Gasteiger partial charge >= 0.3 is 0 Å². The van der Waals surface area contributed by atoms with Crippen molar-refractivity contribution in [2.45, 2.75) is 19.4 Å². The molecule has 1 N–H and O–H groups in total. The van der Waals surface area contributed by atoms with Gasteiger partial charge in [-0.3, -0.25) is 14.9 Å². The van der Waals surface area contributed by atoms with E-state index >= 15 is 0 Å². The number of hydrogen-bond acceptors (Lipinski definition) is 4. The predicted octanol–water partition coefficient (Wildman–Crippen LogP) is 1.84. The number of rotatable bonds is 5. The number of nitrogens with zero attached hydrogens (tertiary/aromatic N) is 4. The summed E-state index contributed by atoms with van der Waals surface area (Å²) < 4.78 is 0. The number of carbonyl (C=O) groups is 1. The molecule has 0 aromatic heterocycles. The van der Waals surface area contributed by atoms with Gasteiger partial charge in [0, 0.05) is 39.3 Å². The van der Waals surface area contributed by atoms with Crippen molar-refractivity contribution in [2.24, 2.45) is 4.99 Å². The minimum Gasteiger partial charge on any atom is -0.347 e. The van der Waals surface area contributed by atoms with Crippen LogP contribution in [-0.4, -0.2) is 60.3 Å². The van der Waals surface area contributed by atoms with Crippen molar-refractivity contribution in [1.82, 2.24) is 15.1 Å². The first-order valence-electron chi connectivity index (χ1n) is 7.94. The van der Waals surface area contributed by atoms with E-state index in [1.807, 2.05) is 0 Å². The number of nitro benzene ring substituents is 1.